The van der Waals surface area contributed by atoms with E-state index in [4.69, 9.17) is 5.73 Å². The van der Waals surface area contributed by atoms with Gasteiger partial charge in [0, 0.05) is 22.4 Å². The molecule has 0 heterocycles. The first-order chi connectivity index (χ1) is 9.47. The maximum atomic E-state index is 13.5. The summed E-state index contributed by atoms with van der Waals surface area (Å²) in [5.74, 6) is -0.262. The van der Waals surface area contributed by atoms with E-state index in [9.17, 15) is 14.5 Å². The van der Waals surface area contributed by atoms with E-state index >= 15 is 0 Å². The SMILES string of the molecule is Cc1cc(N)ccc1SCc1ccc([N+](=O)[O-])c(F)c1. The number of nitro benzene ring substituents is 1. The third kappa shape index (κ3) is 3.27. The largest absolute Gasteiger partial charge is 0.399 e. The number of benzene rings is 2. The fourth-order valence-electron chi connectivity index (χ4n) is 1.78. The lowest BCUT2D eigenvalue weighted by Crippen LogP contribution is -1.94. The Balaban J connectivity index is 2.11. The van der Waals surface area contributed by atoms with Crippen LogP contribution in [0.15, 0.2) is 41.3 Å². The molecule has 0 amide bonds. The molecule has 0 aliphatic carbocycles. The number of nitrogens with zero attached hydrogens (tertiary/aromatic N) is 1. The molecule has 2 rings (SSSR count). The van der Waals surface area contributed by atoms with Gasteiger partial charge in [-0.25, -0.2) is 0 Å². The van der Waals surface area contributed by atoms with E-state index in [1.54, 1.807) is 6.07 Å². The Morgan fingerprint density at radius 1 is 1.30 bits per heavy atom. The molecule has 2 aromatic carbocycles. The smallest absolute Gasteiger partial charge is 0.304 e. The maximum absolute atomic E-state index is 13.5. The number of aryl methyl sites for hydroxylation is 1. The molecular weight excluding hydrogens is 279 g/mol. The third-order valence-corrected chi connectivity index (χ3v) is 4.05. The molecule has 0 saturated carbocycles. The van der Waals surface area contributed by atoms with Gasteiger partial charge in [-0.15, -0.1) is 11.8 Å². The minimum atomic E-state index is -0.804. The van der Waals surface area contributed by atoms with Crippen LogP contribution in [0.25, 0.3) is 0 Å². The van der Waals surface area contributed by atoms with Gasteiger partial charge in [0.1, 0.15) is 0 Å². The predicted octanol–water partition coefficient (Wildman–Crippen LogP) is 3.92. The van der Waals surface area contributed by atoms with Gasteiger partial charge < -0.3 is 5.73 Å². The van der Waals surface area contributed by atoms with Crippen LogP contribution in [0.1, 0.15) is 11.1 Å². The van der Waals surface area contributed by atoms with E-state index in [0.29, 0.717) is 17.0 Å². The Kier molecular flexibility index (Phi) is 4.24. The number of halogens is 1. The van der Waals surface area contributed by atoms with Gasteiger partial charge in [0.2, 0.25) is 5.82 Å². The van der Waals surface area contributed by atoms with Crippen molar-refractivity contribution < 1.29 is 9.31 Å². The second-order valence-corrected chi connectivity index (χ2v) is 5.37. The van der Waals surface area contributed by atoms with E-state index < -0.39 is 16.4 Å². The Labute approximate surface area is 119 Å². The van der Waals surface area contributed by atoms with Gasteiger partial charge in [0.05, 0.1) is 4.92 Å². The summed E-state index contributed by atoms with van der Waals surface area (Å²) in [4.78, 5) is 10.9. The van der Waals surface area contributed by atoms with E-state index in [2.05, 4.69) is 0 Å². The fourth-order valence-corrected chi connectivity index (χ4v) is 2.74. The van der Waals surface area contributed by atoms with Crippen LogP contribution in [0.2, 0.25) is 0 Å². The summed E-state index contributed by atoms with van der Waals surface area (Å²) in [7, 11) is 0. The van der Waals surface area contributed by atoms with Crippen molar-refractivity contribution in [3.05, 3.63) is 63.5 Å². The van der Waals surface area contributed by atoms with Crippen LogP contribution >= 0.6 is 11.8 Å². The molecule has 0 radical (unpaired) electrons. The number of anilines is 1. The first kappa shape index (κ1) is 14.3. The highest BCUT2D eigenvalue weighted by Crippen LogP contribution is 2.28. The fraction of sp³-hybridized carbons (Fsp3) is 0.143. The normalized spacial score (nSPS) is 10.5. The van der Waals surface area contributed by atoms with Gasteiger partial charge >= 0.3 is 5.69 Å². The molecule has 0 bridgehead atoms. The number of rotatable bonds is 4. The summed E-state index contributed by atoms with van der Waals surface area (Å²) in [5.41, 5.74) is 7.64. The molecule has 2 N–H and O–H groups in total. The van der Waals surface area contributed by atoms with E-state index in [-0.39, 0.29) is 0 Å². The zero-order valence-corrected chi connectivity index (χ0v) is 11.6. The van der Waals surface area contributed by atoms with Crippen LogP contribution in [0.5, 0.6) is 0 Å². The molecule has 20 heavy (non-hydrogen) atoms. The van der Waals surface area contributed by atoms with Gasteiger partial charge in [-0.2, -0.15) is 4.39 Å². The standard InChI is InChI=1S/C14H13FN2O2S/c1-9-6-11(16)3-5-14(9)20-8-10-2-4-13(17(18)19)12(15)7-10/h2-7H,8,16H2,1H3. The highest BCUT2D eigenvalue weighted by atomic mass is 32.2. The van der Waals surface area contributed by atoms with Crippen molar-refractivity contribution in [2.24, 2.45) is 0 Å². The number of nitro groups is 1. The minimum absolute atomic E-state index is 0.498. The first-order valence-electron chi connectivity index (χ1n) is 5.89. The van der Waals surface area contributed by atoms with Gasteiger partial charge in [-0.3, -0.25) is 10.1 Å². The zero-order valence-electron chi connectivity index (χ0n) is 10.8. The molecule has 0 aliphatic rings. The Hall–Kier alpha value is -2.08. The van der Waals surface area contributed by atoms with Crippen LogP contribution in [0.4, 0.5) is 15.8 Å². The first-order valence-corrected chi connectivity index (χ1v) is 6.87. The average molecular weight is 292 g/mol. The summed E-state index contributed by atoms with van der Waals surface area (Å²) in [6.07, 6.45) is 0. The van der Waals surface area contributed by atoms with Crippen molar-refractivity contribution in [1.82, 2.24) is 0 Å². The lowest BCUT2D eigenvalue weighted by Gasteiger charge is -2.06. The summed E-state index contributed by atoms with van der Waals surface area (Å²) < 4.78 is 13.5. The van der Waals surface area contributed by atoms with Crippen LogP contribution < -0.4 is 5.73 Å². The maximum Gasteiger partial charge on any atom is 0.304 e. The van der Waals surface area contributed by atoms with Gasteiger partial charge in [0.25, 0.3) is 0 Å². The number of nitrogens with two attached hydrogens (primary N) is 1. The quantitative estimate of drug-likeness (QED) is 0.401. The van der Waals surface area contributed by atoms with Crippen LogP contribution in [-0.2, 0) is 5.75 Å². The zero-order chi connectivity index (χ0) is 14.7. The van der Waals surface area contributed by atoms with Crippen molar-refractivity contribution in [1.29, 1.82) is 0 Å². The van der Waals surface area contributed by atoms with Crippen LogP contribution in [-0.4, -0.2) is 4.92 Å². The Bertz CT molecular complexity index is 662. The van der Waals surface area contributed by atoms with Gasteiger partial charge in [0.15, 0.2) is 0 Å². The monoisotopic (exact) mass is 292 g/mol. The topological polar surface area (TPSA) is 69.2 Å². The van der Waals surface area contributed by atoms with Crippen molar-refractivity contribution >= 4 is 23.1 Å². The number of thioether (sulfide) groups is 1. The van der Waals surface area contributed by atoms with Crippen molar-refractivity contribution in [3.63, 3.8) is 0 Å². The average Bonchev–Trinajstić information content (AvgIpc) is 2.37. The lowest BCUT2D eigenvalue weighted by molar-refractivity contribution is -0.387. The molecule has 0 atom stereocenters. The molecule has 4 nitrogen and oxygen atoms in total. The molecule has 0 aromatic heterocycles. The Morgan fingerprint density at radius 2 is 2.05 bits per heavy atom. The van der Waals surface area contributed by atoms with E-state index in [1.165, 1.54) is 23.9 Å². The van der Waals surface area contributed by atoms with Gasteiger partial charge in [-0.05, 0) is 42.3 Å². The van der Waals surface area contributed by atoms with Crippen molar-refractivity contribution in [2.75, 3.05) is 5.73 Å². The molecule has 0 fully saturated rings. The molecule has 104 valence electrons. The van der Waals surface area contributed by atoms with Gasteiger partial charge in [-0.1, -0.05) is 6.07 Å². The molecule has 6 heteroatoms. The minimum Gasteiger partial charge on any atom is -0.399 e. The highest BCUT2D eigenvalue weighted by Gasteiger charge is 2.13. The van der Waals surface area contributed by atoms with E-state index in [0.717, 1.165) is 10.5 Å². The molecule has 0 saturated heterocycles. The molecular formula is C14H13FN2O2S. The molecule has 0 spiro atoms. The number of hydrogen-bond donors (Lipinski definition) is 1. The Morgan fingerprint density at radius 3 is 2.65 bits per heavy atom. The summed E-state index contributed by atoms with van der Waals surface area (Å²) in [5, 5.41) is 10.5. The predicted molar refractivity (Wildman–Crippen MR) is 78.2 cm³/mol. The number of hydrogen-bond acceptors (Lipinski definition) is 4. The van der Waals surface area contributed by atoms with Crippen LogP contribution in [0.3, 0.4) is 0 Å². The molecule has 0 unspecified atom stereocenters. The second-order valence-electron chi connectivity index (χ2n) is 4.36. The summed E-state index contributed by atoms with van der Waals surface area (Å²) in [6, 6.07) is 9.57. The lowest BCUT2D eigenvalue weighted by atomic mass is 10.2. The highest BCUT2D eigenvalue weighted by molar-refractivity contribution is 7.98. The van der Waals surface area contributed by atoms with Crippen molar-refractivity contribution in [3.8, 4) is 0 Å². The molecule has 2 aromatic rings. The van der Waals surface area contributed by atoms with E-state index in [1.807, 2.05) is 25.1 Å². The number of nitrogen functional groups attached to an aromatic ring is 1. The summed E-state index contributed by atoms with van der Waals surface area (Å²) >= 11 is 1.54. The summed E-state index contributed by atoms with van der Waals surface area (Å²) in [6.45, 7) is 1.95. The van der Waals surface area contributed by atoms with Crippen molar-refractivity contribution in [2.45, 2.75) is 17.6 Å². The van der Waals surface area contributed by atoms with Crippen LogP contribution in [0, 0.1) is 22.9 Å². The second kappa shape index (κ2) is 5.92. The molecule has 0 aliphatic heterocycles. The third-order valence-electron chi connectivity index (χ3n) is 2.80.